The molecule has 2 atom stereocenters. The number of hydrogen-bond donors (Lipinski definition) is 2. The lowest BCUT2D eigenvalue weighted by Crippen LogP contribution is -2.39. The molecule has 1 aromatic rings. The van der Waals surface area contributed by atoms with E-state index in [1.54, 1.807) is 0 Å². The van der Waals surface area contributed by atoms with Gasteiger partial charge in [0.15, 0.2) is 0 Å². The average molecular weight is 353 g/mol. The minimum Gasteiger partial charge on any atom is -0.349 e. The highest BCUT2D eigenvalue weighted by atomic mass is 35.5. The van der Waals surface area contributed by atoms with Crippen LogP contribution in [-0.2, 0) is 4.79 Å². The average Bonchev–Trinajstić information content (AvgIpc) is 3.20. The number of piperidine rings is 1. The molecule has 1 heterocycles. The molecule has 5 heteroatoms. The third-order valence-corrected chi connectivity index (χ3v) is 6.25. The van der Waals surface area contributed by atoms with Crippen molar-refractivity contribution in [3.05, 3.63) is 35.6 Å². The molecule has 3 fully saturated rings. The van der Waals surface area contributed by atoms with Gasteiger partial charge in [0.05, 0.1) is 6.04 Å². The fourth-order valence-corrected chi connectivity index (χ4v) is 4.37. The smallest absolute Gasteiger partial charge is 0.224 e. The van der Waals surface area contributed by atoms with Crippen molar-refractivity contribution in [3.63, 3.8) is 0 Å². The Kier molecular flexibility index (Phi) is 5.16. The van der Waals surface area contributed by atoms with E-state index in [0.29, 0.717) is 5.92 Å². The Bertz CT molecular complexity index is 582. The van der Waals surface area contributed by atoms with Crippen LogP contribution in [-0.4, -0.2) is 19.0 Å². The summed E-state index contributed by atoms with van der Waals surface area (Å²) in [4.78, 5) is 12.8. The van der Waals surface area contributed by atoms with Crippen molar-refractivity contribution >= 4 is 18.3 Å². The van der Waals surface area contributed by atoms with Crippen molar-refractivity contribution in [1.29, 1.82) is 0 Å². The minimum absolute atomic E-state index is 0. The molecular formula is C19H26ClFN2O. The lowest BCUT2D eigenvalue weighted by molar-refractivity contribution is -0.124. The molecule has 1 spiro atoms. The van der Waals surface area contributed by atoms with Gasteiger partial charge in [0, 0.05) is 5.92 Å². The van der Waals surface area contributed by atoms with Crippen LogP contribution in [0, 0.1) is 23.1 Å². The van der Waals surface area contributed by atoms with Crippen LogP contribution in [0.2, 0.25) is 0 Å². The molecule has 1 aliphatic heterocycles. The second-order valence-corrected chi connectivity index (χ2v) is 7.60. The van der Waals surface area contributed by atoms with Gasteiger partial charge >= 0.3 is 0 Å². The van der Waals surface area contributed by atoms with Crippen LogP contribution < -0.4 is 10.6 Å². The second-order valence-electron chi connectivity index (χ2n) is 7.60. The first-order valence-corrected chi connectivity index (χ1v) is 8.95. The third-order valence-electron chi connectivity index (χ3n) is 6.25. The number of rotatable bonds is 4. The number of halogens is 2. The molecule has 4 rings (SSSR count). The van der Waals surface area contributed by atoms with Crippen LogP contribution >= 0.6 is 12.4 Å². The number of nitrogens with one attached hydrogen (secondary N) is 2. The molecule has 0 radical (unpaired) electrons. The van der Waals surface area contributed by atoms with Gasteiger partial charge in [0.2, 0.25) is 5.91 Å². The molecular weight excluding hydrogens is 327 g/mol. The van der Waals surface area contributed by atoms with Crippen LogP contribution in [0.25, 0.3) is 0 Å². The van der Waals surface area contributed by atoms with Crippen LogP contribution in [0.15, 0.2) is 24.3 Å². The predicted molar refractivity (Wildman–Crippen MR) is 94.5 cm³/mol. The summed E-state index contributed by atoms with van der Waals surface area (Å²) >= 11 is 0. The summed E-state index contributed by atoms with van der Waals surface area (Å²) in [5.41, 5.74) is 1.31. The van der Waals surface area contributed by atoms with Crippen molar-refractivity contribution in [1.82, 2.24) is 10.6 Å². The van der Waals surface area contributed by atoms with E-state index in [4.69, 9.17) is 0 Å². The molecule has 3 nitrogen and oxygen atoms in total. The molecule has 2 unspecified atom stereocenters. The maximum Gasteiger partial charge on any atom is 0.224 e. The van der Waals surface area contributed by atoms with E-state index < -0.39 is 0 Å². The lowest BCUT2D eigenvalue weighted by atomic mass is 9.77. The van der Waals surface area contributed by atoms with Crippen LogP contribution in [0.5, 0.6) is 0 Å². The number of benzene rings is 1. The van der Waals surface area contributed by atoms with Crippen molar-refractivity contribution in [2.75, 3.05) is 13.1 Å². The van der Waals surface area contributed by atoms with Crippen LogP contribution in [0.1, 0.15) is 50.1 Å². The van der Waals surface area contributed by atoms with E-state index in [0.717, 1.165) is 50.8 Å². The van der Waals surface area contributed by atoms with Gasteiger partial charge in [-0.05, 0) is 74.2 Å². The van der Waals surface area contributed by atoms with Gasteiger partial charge in [0.1, 0.15) is 5.82 Å². The molecule has 2 N–H and O–H groups in total. The van der Waals surface area contributed by atoms with Crippen LogP contribution in [0.4, 0.5) is 4.39 Å². The molecule has 2 saturated carbocycles. The van der Waals surface area contributed by atoms with Gasteiger partial charge in [-0.25, -0.2) is 4.39 Å². The molecule has 132 valence electrons. The lowest BCUT2D eigenvalue weighted by Gasteiger charge is -2.35. The summed E-state index contributed by atoms with van der Waals surface area (Å²) < 4.78 is 13.2. The van der Waals surface area contributed by atoms with Crippen molar-refractivity contribution in [3.8, 4) is 0 Å². The highest BCUT2D eigenvalue weighted by molar-refractivity contribution is 5.85. The van der Waals surface area contributed by atoms with Crippen molar-refractivity contribution in [2.24, 2.45) is 17.3 Å². The Morgan fingerprint density at radius 2 is 1.88 bits per heavy atom. The highest BCUT2D eigenvalue weighted by Crippen LogP contribution is 2.58. The van der Waals surface area contributed by atoms with Crippen molar-refractivity contribution in [2.45, 2.75) is 44.6 Å². The number of hydrogen-bond acceptors (Lipinski definition) is 2. The first-order valence-electron chi connectivity index (χ1n) is 8.95. The van der Waals surface area contributed by atoms with E-state index in [1.165, 1.54) is 18.6 Å². The van der Waals surface area contributed by atoms with E-state index >= 15 is 0 Å². The Morgan fingerprint density at radius 1 is 1.21 bits per heavy atom. The fourth-order valence-electron chi connectivity index (χ4n) is 4.37. The largest absolute Gasteiger partial charge is 0.349 e. The monoisotopic (exact) mass is 352 g/mol. The molecule has 24 heavy (non-hydrogen) atoms. The molecule has 2 aliphatic carbocycles. The molecule has 1 aromatic carbocycles. The Labute approximate surface area is 149 Å². The van der Waals surface area contributed by atoms with E-state index in [1.807, 2.05) is 12.1 Å². The highest BCUT2D eigenvalue weighted by Gasteiger charge is 2.57. The molecule has 1 amide bonds. The first kappa shape index (κ1) is 17.7. The van der Waals surface area contributed by atoms with Crippen LogP contribution in [0.3, 0.4) is 0 Å². The SMILES string of the molecule is Cl.O=C(NC(c1ccc(F)cc1)C1CCC1)C1CC12CCNCC2. The molecule has 0 bridgehead atoms. The van der Waals surface area contributed by atoms with Gasteiger partial charge in [-0.3, -0.25) is 4.79 Å². The standard InChI is InChI=1S/C19H25FN2O.ClH/c20-15-6-4-14(5-7-15)17(13-2-1-3-13)22-18(23)16-12-19(16)8-10-21-11-9-19;/h4-7,13,16-17,21H,1-3,8-12H2,(H,22,23);1H. The Hall–Kier alpha value is -1.13. The second kappa shape index (κ2) is 7.01. The molecule has 0 aromatic heterocycles. The summed E-state index contributed by atoms with van der Waals surface area (Å²) in [6, 6.07) is 6.70. The van der Waals surface area contributed by atoms with E-state index in [9.17, 15) is 9.18 Å². The quantitative estimate of drug-likeness (QED) is 0.869. The van der Waals surface area contributed by atoms with Gasteiger partial charge in [-0.15, -0.1) is 12.4 Å². The molecule has 1 saturated heterocycles. The van der Waals surface area contributed by atoms with Gasteiger partial charge < -0.3 is 10.6 Å². The van der Waals surface area contributed by atoms with Gasteiger partial charge in [-0.1, -0.05) is 18.6 Å². The maximum atomic E-state index is 13.2. The normalized spacial score (nSPS) is 26.1. The number of carbonyl (C=O) groups is 1. The van der Waals surface area contributed by atoms with Gasteiger partial charge in [-0.2, -0.15) is 0 Å². The van der Waals surface area contributed by atoms with Gasteiger partial charge in [0.25, 0.3) is 0 Å². The minimum atomic E-state index is -0.219. The zero-order chi connectivity index (χ0) is 15.9. The van der Waals surface area contributed by atoms with E-state index in [2.05, 4.69) is 10.6 Å². The Morgan fingerprint density at radius 3 is 2.46 bits per heavy atom. The predicted octanol–water partition coefficient (Wildman–Crippen LogP) is 3.59. The zero-order valence-electron chi connectivity index (χ0n) is 13.9. The summed E-state index contributed by atoms with van der Waals surface area (Å²) in [5, 5.41) is 6.69. The van der Waals surface area contributed by atoms with E-state index in [-0.39, 0.29) is 41.5 Å². The first-order chi connectivity index (χ1) is 11.2. The van der Waals surface area contributed by atoms with Crippen molar-refractivity contribution < 1.29 is 9.18 Å². The maximum absolute atomic E-state index is 13.2. The molecule has 3 aliphatic rings. The number of carbonyl (C=O) groups excluding carboxylic acids is 1. The topological polar surface area (TPSA) is 41.1 Å². The summed E-state index contributed by atoms with van der Waals surface area (Å²) in [5.74, 6) is 0.691. The third kappa shape index (κ3) is 3.31. The summed E-state index contributed by atoms with van der Waals surface area (Å²) in [6.07, 6.45) is 6.83. The zero-order valence-corrected chi connectivity index (χ0v) is 14.7. The summed E-state index contributed by atoms with van der Waals surface area (Å²) in [7, 11) is 0. The summed E-state index contributed by atoms with van der Waals surface area (Å²) in [6.45, 7) is 2.07. The fraction of sp³-hybridized carbons (Fsp3) is 0.632. The Balaban J connectivity index is 0.00000169. The number of amides is 1.